The Balaban J connectivity index is 1.46. The van der Waals surface area contributed by atoms with Gasteiger partial charge in [-0.25, -0.2) is 4.98 Å². The van der Waals surface area contributed by atoms with Crippen molar-refractivity contribution in [2.45, 2.75) is 24.8 Å². The zero-order chi connectivity index (χ0) is 24.9. The van der Waals surface area contributed by atoms with Gasteiger partial charge in [0.25, 0.3) is 11.5 Å². The number of nitrogens with zero attached hydrogens (tertiary/aromatic N) is 6. The van der Waals surface area contributed by atoms with E-state index in [-0.39, 0.29) is 22.6 Å². The smallest absolute Gasteiger partial charge is 0.265 e. The molecular weight excluding hydrogens is 442 g/mol. The molecule has 9 nitrogen and oxygen atoms in total. The summed E-state index contributed by atoms with van der Waals surface area (Å²) < 4.78 is 1.77. The van der Waals surface area contributed by atoms with E-state index in [2.05, 4.69) is 53.4 Å². The van der Waals surface area contributed by atoms with Gasteiger partial charge in [-0.2, -0.15) is 4.98 Å². The molecule has 2 heterocycles. The molecule has 6 rings (SSSR count). The van der Waals surface area contributed by atoms with Gasteiger partial charge in [0.15, 0.2) is 0 Å². The molecule has 184 valence electrons. The summed E-state index contributed by atoms with van der Waals surface area (Å²) in [5.74, 6) is 0.812. The number of likely N-dealkylation sites (N-methyl/N-ethyl adjacent to an activating group) is 2. The monoisotopic (exact) mass is 475 g/mol. The number of aromatic nitrogens is 3. The first kappa shape index (κ1) is 23.3. The minimum absolute atomic E-state index is 0.172. The molecular formula is C26H33N7O2. The standard InChI is InChI=1S/C26H33N7O2/c1-30(2)10-11-32(5)20-8-6-19(7-9-20)28-25-27-16-18-12-21(23(34)31(3)4)24(35)33(22(18)29-25)26-13-17(14-26)15-26/h6-9,12,16-17H,10-11,13-15H2,1-5H3,(H,27,28,29). The van der Waals surface area contributed by atoms with Crippen LogP contribution in [0.2, 0.25) is 0 Å². The number of amides is 1. The Morgan fingerprint density at radius 1 is 1.09 bits per heavy atom. The molecule has 3 saturated carbocycles. The van der Waals surface area contributed by atoms with E-state index in [1.807, 2.05) is 12.1 Å². The highest BCUT2D eigenvalue weighted by molar-refractivity contribution is 5.96. The van der Waals surface area contributed by atoms with Gasteiger partial charge >= 0.3 is 0 Å². The van der Waals surface area contributed by atoms with Gasteiger partial charge in [-0.05, 0) is 69.6 Å². The van der Waals surface area contributed by atoms with Crippen LogP contribution in [-0.4, -0.2) is 78.6 Å². The van der Waals surface area contributed by atoms with Crippen LogP contribution in [0.1, 0.15) is 29.6 Å². The van der Waals surface area contributed by atoms with E-state index in [1.165, 1.54) is 4.90 Å². The number of carbonyl (C=O) groups is 1. The summed E-state index contributed by atoms with van der Waals surface area (Å²) in [5, 5.41) is 3.97. The quantitative estimate of drug-likeness (QED) is 0.536. The second-order valence-corrected chi connectivity index (χ2v) is 10.5. The molecule has 0 unspecified atom stereocenters. The normalized spacial score (nSPS) is 20.3. The molecule has 35 heavy (non-hydrogen) atoms. The molecule has 1 aromatic carbocycles. The first-order chi connectivity index (χ1) is 16.7. The molecule has 1 N–H and O–H groups in total. The summed E-state index contributed by atoms with van der Waals surface area (Å²) in [6.07, 6.45) is 4.60. The zero-order valence-electron chi connectivity index (χ0n) is 21.1. The molecule has 3 fully saturated rings. The SMILES string of the molecule is CN(C)CCN(C)c1ccc(Nc2ncc3cc(C(=O)N(C)C)c(=O)n(C45CC(C4)C5)c3n2)cc1. The van der Waals surface area contributed by atoms with Crippen molar-refractivity contribution in [1.29, 1.82) is 0 Å². The Hall–Kier alpha value is -3.46. The minimum atomic E-state index is -0.296. The van der Waals surface area contributed by atoms with Gasteiger partial charge in [0.05, 0.1) is 5.54 Å². The summed E-state index contributed by atoms with van der Waals surface area (Å²) in [7, 11) is 9.54. The summed E-state index contributed by atoms with van der Waals surface area (Å²) in [4.78, 5) is 41.3. The van der Waals surface area contributed by atoms with Crippen LogP contribution in [0, 0.1) is 5.92 Å². The number of fused-ring (bicyclic) bond motifs is 1. The van der Waals surface area contributed by atoms with E-state index in [0.717, 1.165) is 43.7 Å². The van der Waals surface area contributed by atoms with Gasteiger partial charge in [0, 0.05) is 57.2 Å². The number of anilines is 3. The highest BCUT2D eigenvalue weighted by Crippen LogP contribution is 2.62. The van der Waals surface area contributed by atoms with E-state index in [1.54, 1.807) is 30.9 Å². The van der Waals surface area contributed by atoms with Crippen LogP contribution in [0.4, 0.5) is 17.3 Å². The van der Waals surface area contributed by atoms with E-state index < -0.39 is 0 Å². The molecule has 1 amide bonds. The number of hydrogen-bond acceptors (Lipinski definition) is 7. The second kappa shape index (κ2) is 8.64. The summed E-state index contributed by atoms with van der Waals surface area (Å²) in [6.45, 7) is 1.92. The Morgan fingerprint density at radius 3 is 2.34 bits per heavy atom. The average molecular weight is 476 g/mol. The van der Waals surface area contributed by atoms with Gasteiger partial charge in [-0.15, -0.1) is 0 Å². The number of nitrogens with one attached hydrogen (secondary N) is 1. The molecule has 0 spiro atoms. The Labute approximate surface area is 205 Å². The van der Waals surface area contributed by atoms with Crippen LogP contribution in [-0.2, 0) is 5.54 Å². The summed E-state index contributed by atoms with van der Waals surface area (Å²) in [5.41, 5.74) is 2.28. The van der Waals surface area contributed by atoms with Crippen molar-refractivity contribution in [1.82, 2.24) is 24.3 Å². The van der Waals surface area contributed by atoms with Crippen LogP contribution in [0.5, 0.6) is 0 Å². The molecule has 3 aliphatic carbocycles. The van der Waals surface area contributed by atoms with Crippen molar-refractivity contribution in [3.8, 4) is 0 Å². The van der Waals surface area contributed by atoms with Crippen molar-refractivity contribution in [3.63, 3.8) is 0 Å². The maximum Gasteiger partial charge on any atom is 0.265 e. The van der Waals surface area contributed by atoms with Gasteiger partial charge in [0.1, 0.15) is 11.2 Å². The van der Waals surface area contributed by atoms with Crippen LogP contribution in [0.15, 0.2) is 41.3 Å². The minimum Gasteiger partial charge on any atom is -0.373 e. The molecule has 3 aromatic rings. The van der Waals surface area contributed by atoms with E-state index in [9.17, 15) is 9.59 Å². The lowest BCUT2D eigenvalue weighted by atomic mass is 9.49. The fraction of sp³-hybridized carbons (Fsp3) is 0.462. The lowest BCUT2D eigenvalue weighted by Crippen LogP contribution is -2.62. The molecule has 0 atom stereocenters. The summed E-state index contributed by atoms with van der Waals surface area (Å²) >= 11 is 0. The Kier molecular flexibility index (Phi) is 5.75. The van der Waals surface area contributed by atoms with Crippen molar-refractivity contribution in [2.75, 3.05) is 58.5 Å². The molecule has 3 aliphatic rings. The van der Waals surface area contributed by atoms with Crippen molar-refractivity contribution >= 4 is 34.3 Å². The maximum atomic E-state index is 13.5. The largest absolute Gasteiger partial charge is 0.373 e. The maximum absolute atomic E-state index is 13.5. The number of benzene rings is 1. The molecule has 2 bridgehead atoms. The predicted octanol–water partition coefficient (Wildman–Crippen LogP) is 2.74. The predicted molar refractivity (Wildman–Crippen MR) is 139 cm³/mol. The topological polar surface area (TPSA) is 86.6 Å². The molecule has 0 saturated heterocycles. The Morgan fingerprint density at radius 2 is 1.77 bits per heavy atom. The van der Waals surface area contributed by atoms with Crippen LogP contribution < -0.4 is 15.8 Å². The third-order valence-corrected chi connectivity index (χ3v) is 7.30. The van der Waals surface area contributed by atoms with Gasteiger partial charge < -0.3 is 20.0 Å². The van der Waals surface area contributed by atoms with Crippen molar-refractivity contribution in [2.24, 2.45) is 5.92 Å². The van der Waals surface area contributed by atoms with Gasteiger partial charge in [-0.3, -0.25) is 14.2 Å². The number of pyridine rings is 1. The Bertz CT molecular complexity index is 1310. The van der Waals surface area contributed by atoms with Gasteiger partial charge in [0.2, 0.25) is 5.95 Å². The zero-order valence-corrected chi connectivity index (χ0v) is 21.1. The molecule has 0 aliphatic heterocycles. The lowest BCUT2D eigenvalue weighted by Gasteiger charge is -2.62. The highest BCUT2D eigenvalue weighted by atomic mass is 16.2. The first-order valence-electron chi connectivity index (χ1n) is 12.0. The summed E-state index contributed by atoms with van der Waals surface area (Å²) in [6, 6.07) is 9.76. The van der Waals surface area contributed by atoms with E-state index in [0.29, 0.717) is 22.9 Å². The number of hydrogen-bond donors (Lipinski definition) is 1. The molecule has 2 aromatic heterocycles. The van der Waals surface area contributed by atoms with Gasteiger partial charge in [-0.1, -0.05) is 0 Å². The third-order valence-electron chi connectivity index (χ3n) is 7.30. The third kappa shape index (κ3) is 4.14. The fourth-order valence-corrected chi connectivity index (χ4v) is 5.11. The van der Waals surface area contributed by atoms with E-state index in [4.69, 9.17) is 4.98 Å². The number of rotatable bonds is 8. The molecule has 9 heteroatoms. The van der Waals surface area contributed by atoms with E-state index >= 15 is 0 Å². The molecule has 0 radical (unpaired) electrons. The second-order valence-electron chi connectivity index (χ2n) is 10.5. The highest BCUT2D eigenvalue weighted by Gasteiger charge is 2.59. The van der Waals surface area contributed by atoms with Crippen LogP contribution in [0.25, 0.3) is 11.0 Å². The fourth-order valence-electron chi connectivity index (χ4n) is 5.11. The first-order valence-corrected chi connectivity index (χ1v) is 12.0. The van der Waals surface area contributed by atoms with Crippen LogP contribution >= 0.6 is 0 Å². The lowest BCUT2D eigenvalue weighted by molar-refractivity contribution is -0.0884. The van der Waals surface area contributed by atoms with Crippen molar-refractivity contribution in [3.05, 3.63) is 52.4 Å². The van der Waals surface area contributed by atoms with Crippen molar-refractivity contribution < 1.29 is 4.79 Å². The number of carbonyl (C=O) groups excluding carboxylic acids is 1. The van der Waals surface area contributed by atoms with Crippen LogP contribution in [0.3, 0.4) is 0 Å². The average Bonchev–Trinajstić information content (AvgIpc) is 2.77.